The molecule has 0 saturated carbocycles. The van der Waals surface area contributed by atoms with E-state index in [-0.39, 0.29) is 13.0 Å². The number of carbonyl (C=O) groups is 3. The van der Waals surface area contributed by atoms with Crippen molar-refractivity contribution < 1.29 is 28.6 Å². The van der Waals surface area contributed by atoms with E-state index in [2.05, 4.69) is 15.4 Å². The highest BCUT2D eigenvalue weighted by molar-refractivity contribution is 5.88. The Labute approximate surface area is 188 Å². The molecule has 2 amide bonds. The van der Waals surface area contributed by atoms with Crippen LogP contribution in [0.4, 0.5) is 4.79 Å². The Kier molecular flexibility index (Phi) is 9.07. The average Bonchev–Trinajstić information content (AvgIpc) is 2.75. The summed E-state index contributed by atoms with van der Waals surface area (Å²) >= 11 is 0. The van der Waals surface area contributed by atoms with Gasteiger partial charge in [0.25, 0.3) is 0 Å². The number of rotatable bonds is 9. The zero-order valence-electron chi connectivity index (χ0n) is 18.8. The summed E-state index contributed by atoms with van der Waals surface area (Å²) in [4.78, 5) is 36.1. The molecule has 2 aromatic rings. The fraction of sp³-hybridized carbons (Fsp3) is 0.375. The van der Waals surface area contributed by atoms with Gasteiger partial charge in [-0.2, -0.15) is 0 Å². The maximum absolute atomic E-state index is 12.6. The average molecular weight is 443 g/mol. The molecule has 0 radical (unpaired) electrons. The molecule has 0 saturated heterocycles. The van der Waals surface area contributed by atoms with E-state index in [1.54, 1.807) is 32.9 Å². The zero-order valence-corrected chi connectivity index (χ0v) is 18.8. The number of esters is 1. The lowest BCUT2D eigenvalue weighted by atomic mass is 10.1. The van der Waals surface area contributed by atoms with Crippen LogP contribution in [0.25, 0.3) is 0 Å². The number of methoxy groups -OCH3 is 1. The Morgan fingerprint density at radius 3 is 2.19 bits per heavy atom. The molecule has 2 aromatic carbocycles. The van der Waals surface area contributed by atoms with Crippen molar-refractivity contribution in [2.75, 3.05) is 13.7 Å². The second kappa shape index (κ2) is 11.7. The quantitative estimate of drug-likeness (QED) is 0.579. The van der Waals surface area contributed by atoms with E-state index in [1.807, 2.05) is 42.5 Å². The maximum atomic E-state index is 12.6. The van der Waals surface area contributed by atoms with Gasteiger partial charge in [0.15, 0.2) is 0 Å². The van der Waals surface area contributed by atoms with E-state index in [1.165, 1.54) is 7.11 Å². The number of nitrogens with one attached hydrogen (secondary N) is 2. The van der Waals surface area contributed by atoms with Crippen molar-refractivity contribution in [2.45, 2.75) is 45.4 Å². The summed E-state index contributed by atoms with van der Waals surface area (Å²) in [5.74, 6) is -0.427. The summed E-state index contributed by atoms with van der Waals surface area (Å²) in [6, 6.07) is 16.1. The Balaban J connectivity index is 2.02. The van der Waals surface area contributed by atoms with E-state index in [0.29, 0.717) is 12.4 Å². The number of amides is 2. The smallest absolute Gasteiger partial charge is 0.408 e. The first-order valence-corrected chi connectivity index (χ1v) is 10.3. The van der Waals surface area contributed by atoms with Gasteiger partial charge in [-0.05, 0) is 44.0 Å². The van der Waals surface area contributed by atoms with Crippen LogP contribution in [-0.4, -0.2) is 43.3 Å². The van der Waals surface area contributed by atoms with Crippen LogP contribution in [0, 0.1) is 0 Å². The molecule has 0 aliphatic heterocycles. The maximum Gasteiger partial charge on any atom is 0.408 e. The van der Waals surface area contributed by atoms with Crippen LogP contribution in [0.5, 0.6) is 5.75 Å². The molecule has 0 spiro atoms. The first-order valence-electron chi connectivity index (χ1n) is 10.3. The van der Waals surface area contributed by atoms with Crippen molar-refractivity contribution in [3.8, 4) is 5.75 Å². The molecule has 172 valence electrons. The number of hydrogen-bond donors (Lipinski definition) is 2. The summed E-state index contributed by atoms with van der Waals surface area (Å²) < 4.78 is 15.6. The normalized spacial score (nSPS) is 11.8. The summed E-state index contributed by atoms with van der Waals surface area (Å²) in [5, 5.41) is 5.03. The van der Waals surface area contributed by atoms with E-state index in [0.717, 1.165) is 11.1 Å². The van der Waals surface area contributed by atoms with Crippen LogP contribution in [0.3, 0.4) is 0 Å². The van der Waals surface area contributed by atoms with Crippen LogP contribution in [-0.2, 0) is 32.1 Å². The molecule has 0 heterocycles. The van der Waals surface area contributed by atoms with Gasteiger partial charge in [-0.25, -0.2) is 4.79 Å². The minimum absolute atomic E-state index is 0.200. The van der Waals surface area contributed by atoms with Gasteiger partial charge in [0.2, 0.25) is 5.91 Å². The van der Waals surface area contributed by atoms with Crippen LogP contribution in [0.15, 0.2) is 54.6 Å². The molecule has 0 aromatic heterocycles. The molecule has 0 aliphatic carbocycles. The molecular weight excluding hydrogens is 412 g/mol. The highest BCUT2D eigenvalue weighted by atomic mass is 16.6. The van der Waals surface area contributed by atoms with Crippen molar-refractivity contribution in [3.63, 3.8) is 0 Å². The lowest BCUT2D eigenvalue weighted by Crippen LogP contribution is -2.50. The third kappa shape index (κ3) is 9.07. The highest BCUT2D eigenvalue weighted by Gasteiger charge is 2.25. The SMILES string of the molecule is COC(=O)CNC(=O)C(Cc1ccc(OCc2ccccc2)cc1)NC(=O)OC(C)(C)C. The van der Waals surface area contributed by atoms with E-state index in [4.69, 9.17) is 9.47 Å². The Hall–Kier alpha value is -3.55. The first-order chi connectivity index (χ1) is 15.2. The predicted octanol–water partition coefficient (Wildman–Crippen LogP) is 2.99. The summed E-state index contributed by atoms with van der Waals surface area (Å²) in [6.07, 6.45) is -0.524. The third-order valence-electron chi connectivity index (χ3n) is 4.25. The summed E-state index contributed by atoms with van der Waals surface area (Å²) in [6.45, 7) is 5.33. The van der Waals surface area contributed by atoms with Gasteiger partial charge in [-0.1, -0.05) is 42.5 Å². The molecular formula is C24H30N2O6. The largest absolute Gasteiger partial charge is 0.489 e. The van der Waals surface area contributed by atoms with Gasteiger partial charge in [0, 0.05) is 6.42 Å². The molecule has 2 N–H and O–H groups in total. The number of benzene rings is 2. The van der Waals surface area contributed by atoms with Crippen molar-refractivity contribution in [2.24, 2.45) is 0 Å². The van der Waals surface area contributed by atoms with Crippen LogP contribution in [0.1, 0.15) is 31.9 Å². The summed E-state index contributed by atoms with van der Waals surface area (Å²) in [7, 11) is 1.23. The summed E-state index contributed by atoms with van der Waals surface area (Å²) in [5.41, 5.74) is 1.14. The molecule has 0 bridgehead atoms. The third-order valence-corrected chi connectivity index (χ3v) is 4.25. The standard InChI is InChI=1S/C24H30N2O6/c1-24(2,3)32-23(29)26-20(22(28)25-15-21(27)30-4)14-17-10-12-19(13-11-17)31-16-18-8-6-5-7-9-18/h5-13,20H,14-16H2,1-4H3,(H,25,28)(H,26,29). The molecule has 8 nitrogen and oxygen atoms in total. The van der Waals surface area contributed by atoms with Crippen LogP contribution >= 0.6 is 0 Å². The van der Waals surface area contributed by atoms with Gasteiger partial charge in [0.05, 0.1) is 7.11 Å². The second-order valence-electron chi connectivity index (χ2n) is 8.12. The Bertz CT molecular complexity index is 891. The van der Waals surface area contributed by atoms with Gasteiger partial charge >= 0.3 is 12.1 Å². The number of carbonyl (C=O) groups excluding carboxylic acids is 3. The van der Waals surface area contributed by atoms with E-state index < -0.39 is 29.6 Å². The molecule has 1 atom stereocenters. The minimum Gasteiger partial charge on any atom is -0.489 e. The monoisotopic (exact) mass is 442 g/mol. The Morgan fingerprint density at radius 2 is 1.59 bits per heavy atom. The molecule has 32 heavy (non-hydrogen) atoms. The van der Waals surface area contributed by atoms with Gasteiger partial charge < -0.3 is 24.8 Å². The number of hydrogen-bond acceptors (Lipinski definition) is 6. The first kappa shape index (κ1) is 24.7. The van der Waals surface area contributed by atoms with Crippen LogP contribution < -0.4 is 15.4 Å². The molecule has 0 fully saturated rings. The van der Waals surface area contributed by atoms with E-state index in [9.17, 15) is 14.4 Å². The van der Waals surface area contributed by atoms with Gasteiger partial charge in [-0.15, -0.1) is 0 Å². The molecule has 2 rings (SSSR count). The fourth-order valence-electron chi connectivity index (χ4n) is 2.71. The number of alkyl carbamates (subject to hydrolysis) is 1. The van der Waals surface area contributed by atoms with E-state index >= 15 is 0 Å². The molecule has 0 aliphatic rings. The van der Waals surface area contributed by atoms with Crippen molar-refractivity contribution in [1.82, 2.24) is 10.6 Å². The molecule has 1 unspecified atom stereocenters. The fourth-order valence-corrected chi connectivity index (χ4v) is 2.71. The highest BCUT2D eigenvalue weighted by Crippen LogP contribution is 2.16. The van der Waals surface area contributed by atoms with Crippen LogP contribution in [0.2, 0.25) is 0 Å². The lowest BCUT2D eigenvalue weighted by Gasteiger charge is -2.23. The number of ether oxygens (including phenoxy) is 3. The topological polar surface area (TPSA) is 103 Å². The minimum atomic E-state index is -0.939. The predicted molar refractivity (Wildman–Crippen MR) is 119 cm³/mol. The van der Waals surface area contributed by atoms with Crippen molar-refractivity contribution in [1.29, 1.82) is 0 Å². The van der Waals surface area contributed by atoms with Gasteiger partial charge in [0.1, 0.15) is 30.5 Å². The Morgan fingerprint density at radius 1 is 0.938 bits per heavy atom. The molecule has 8 heteroatoms. The zero-order chi connectivity index (χ0) is 23.6. The second-order valence-corrected chi connectivity index (χ2v) is 8.12. The van der Waals surface area contributed by atoms with Crippen molar-refractivity contribution >= 4 is 18.0 Å². The van der Waals surface area contributed by atoms with Gasteiger partial charge in [-0.3, -0.25) is 9.59 Å². The lowest BCUT2D eigenvalue weighted by molar-refractivity contribution is -0.141. The van der Waals surface area contributed by atoms with Crippen molar-refractivity contribution in [3.05, 3.63) is 65.7 Å².